The largest absolute Gasteiger partial charge is 0.452 e. The summed E-state index contributed by atoms with van der Waals surface area (Å²) in [7, 11) is -2.23. The predicted octanol–water partition coefficient (Wildman–Crippen LogP) is 4.77. The molecule has 0 radical (unpaired) electrons. The summed E-state index contributed by atoms with van der Waals surface area (Å²) in [4.78, 5) is 13.4. The number of fused-ring (bicyclic) bond motifs is 3. The van der Waals surface area contributed by atoms with Gasteiger partial charge in [0.1, 0.15) is 0 Å². The van der Waals surface area contributed by atoms with Crippen molar-refractivity contribution in [2.75, 3.05) is 0 Å². The van der Waals surface area contributed by atoms with E-state index >= 15 is 0 Å². The van der Waals surface area contributed by atoms with Gasteiger partial charge in [-0.05, 0) is 63.4 Å². The lowest BCUT2D eigenvalue weighted by Crippen LogP contribution is -2.66. The average molecular weight is 457 g/mol. The number of benzene rings is 1. The molecule has 4 rings (SSSR count). The van der Waals surface area contributed by atoms with E-state index in [1.54, 1.807) is 6.92 Å². The first kappa shape index (κ1) is 23.4. The molecule has 5 nitrogen and oxygen atoms in total. The maximum absolute atomic E-state index is 13.4. The standard InChI is InChI=1S/C26H36O5Si/c1-16-13-20-17(2)14-21(29-15-19-11-9-8-10-12-19)26(28)23(22(20)18(16)3)30-24(27)25(26,4)31-32(5,6)7/h8-12,16,20-21,23,28H,2,13-15H2,1,3-7H3/t16-,20-,21-,23+,25-,26-/m1/s1. The Bertz CT molecular complexity index is 949. The van der Waals surface area contributed by atoms with Gasteiger partial charge >= 0.3 is 5.97 Å². The van der Waals surface area contributed by atoms with E-state index in [4.69, 9.17) is 13.9 Å². The molecule has 1 aromatic rings. The Hall–Kier alpha value is -1.73. The fraction of sp³-hybridized carbons (Fsp3) is 0.577. The molecule has 0 aromatic heterocycles. The van der Waals surface area contributed by atoms with Crippen molar-refractivity contribution in [3.8, 4) is 0 Å². The van der Waals surface area contributed by atoms with Crippen LogP contribution < -0.4 is 0 Å². The van der Waals surface area contributed by atoms with Gasteiger partial charge in [0, 0.05) is 5.92 Å². The van der Waals surface area contributed by atoms with E-state index in [1.165, 1.54) is 5.57 Å². The SMILES string of the molecule is C=C1C[C@@H](OCc2ccccc2)[C@@]2(O)[C@@H](OC(=O)[C@@]2(C)O[Si](C)(C)C)C2=C(C)[C@H](C)C[C@H]12. The van der Waals surface area contributed by atoms with Gasteiger partial charge in [0.2, 0.25) is 0 Å². The van der Waals surface area contributed by atoms with Gasteiger partial charge in [0.05, 0.1) is 12.7 Å². The molecule has 6 atom stereocenters. The molecule has 0 spiro atoms. The van der Waals surface area contributed by atoms with Crippen molar-refractivity contribution >= 4 is 14.3 Å². The molecule has 0 bridgehead atoms. The topological polar surface area (TPSA) is 65.0 Å². The summed E-state index contributed by atoms with van der Waals surface area (Å²) in [5.41, 5.74) is 1.02. The highest BCUT2D eigenvalue weighted by molar-refractivity contribution is 6.70. The van der Waals surface area contributed by atoms with Gasteiger partial charge in [-0.25, -0.2) is 4.79 Å². The van der Waals surface area contributed by atoms with E-state index in [0.717, 1.165) is 23.1 Å². The fourth-order valence-corrected chi connectivity index (χ4v) is 7.19. The first-order chi connectivity index (χ1) is 14.9. The third-order valence-electron chi connectivity index (χ3n) is 7.46. The monoisotopic (exact) mass is 456 g/mol. The zero-order chi connectivity index (χ0) is 23.5. The Morgan fingerprint density at radius 3 is 2.53 bits per heavy atom. The third-order valence-corrected chi connectivity index (χ3v) is 8.48. The van der Waals surface area contributed by atoms with Crippen LogP contribution in [0.5, 0.6) is 0 Å². The Morgan fingerprint density at radius 1 is 1.25 bits per heavy atom. The lowest BCUT2D eigenvalue weighted by molar-refractivity contribution is -0.192. The van der Waals surface area contributed by atoms with E-state index < -0.39 is 37.7 Å². The summed E-state index contributed by atoms with van der Waals surface area (Å²) in [5.74, 6) is -0.0815. The van der Waals surface area contributed by atoms with Crippen LogP contribution in [0.3, 0.4) is 0 Å². The zero-order valence-corrected chi connectivity index (χ0v) is 21.1. The highest BCUT2D eigenvalue weighted by Crippen LogP contribution is 2.56. The number of carbonyl (C=O) groups is 1. The molecular weight excluding hydrogens is 420 g/mol. The van der Waals surface area contributed by atoms with E-state index in [0.29, 0.717) is 18.9 Å². The van der Waals surface area contributed by atoms with Gasteiger partial charge in [0.15, 0.2) is 25.6 Å². The number of esters is 1. The molecule has 2 aliphatic carbocycles. The number of ether oxygens (including phenoxy) is 2. The van der Waals surface area contributed by atoms with Crippen molar-refractivity contribution in [2.24, 2.45) is 11.8 Å². The Labute approximate surface area is 192 Å². The summed E-state index contributed by atoms with van der Waals surface area (Å²) in [6.45, 7) is 16.7. The van der Waals surface area contributed by atoms with Gasteiger partial charge in [-0.3, -0.25) is 0 Å². The van der Waals surface area contributed by atoms with Gasteiger partial charge in [0.25, 0.3) is 0 Å². The average Bonchev–Trinajstić information content (AvgIpc) is 3.07. The minimum atomic E-state index is -2.23. The Kier molecular flexibility index (Phi) is 5.81. The summed E-state index contributed by atoms with van der Waals surface area (Å²) in [5, 5.41) is 12.5. The molecule has 1 saturated carbocycles. The fourth-order valence-electron chi connectivity index (χ4n) is 5.72. The molecule has 6 heteroatoms. The highest BCUT2D eigenvalue weighted by atomic mass is 28.4. The second kappa shape index (κ2) is 7.94. The molecule has 1 aliphatic heterocycles. The number of allylic oxidation sites excluding steroid dienone is 1. The minimum Gasteiger partial charge on any atom is -0.452 e. The first-order valence-corrected chi connectivity index (χ1v) is 15.0. The normalized spacial score (nSPS) is 37.2. The lowest BCUT2D eigenvalue weighted by atomic mass is 9.75. The summed E-state index contributed by atoms with van der Waals surface area (Å²) < 4.78 is 18.8. The van der Waals surface area contributed by atoms with Crippen LogP contribution in [0.15, 0.2) is 53.6 Å². The van der Waals surface area contributed by atoms with Crippen LogP contribution in [0.25, 0.3) is 0 Å². The van der Waals surface area contributed by atoms with E-state index in [9.17, 15) is 9.90 Å². The number of hydrogen-bond acceptors (Lipinski definition) is 5. The molecule has 1 aromatic carbocycles. The van der Waals surface area contributed by atoms with Gasteiger partial charge in [-0.1, -0.05) is 55.0 Å². The number of rotatable bonds is 5. The highest BCUT2D eigenvalue weighted by Gasteiger charge is 2.73. The molecule has 3 aliphatic rings. The molecule has 174 valence electrons. The number of carbonyl (C=O) groups excluding carboxylic acids is 1. The van der Waals surface area contributed by atoms with Crippen molar-refractivity contribution in [3.05, 3.63) is 59.2 Å². The molecule has 1 N–H and O–H groups in total. The van der Waals surface area contributed by atoms with Crippen molar-refractivity contribution in [1.29, 1.82) is 0 Å². The van der Waals surface area contributed by atoms with Gasteiger partial charge < -0.3 is 19.0 Å². The van der Waals surface area contributed by atoms with Crippen LogP contribution in [-0.2, 0) is 25.3 Å². The van der Waals surface area contributed by atoms with E-state index in [2.05, 4.69) is 20.4 Å². The quantitative estimate of drug-likeness (QED) is 0.393. The molecule has 1 saturated heterocycles. The number of hydrogen-bond donors (Lipinski definition) is 1. The van der Waals surface area contributed by atoms with Crippen molar-refractivity contribution in [3.63, 3.8) is 0 Å². The van der Waals surface area contributed by atoms with Crippen LogP contribution in [0.4, 0.5) is 0 Å². The summed E-state index contributed by atoms with van der Waals surface area (Å²) >= 11 is 0. The van der Waals surface area contributed by atoms with Gasteiger partial charge in [-0.2, -0.15) is 0 Å². The van der Waals surface area contributed by atoms with Crippen LogP contribution >= 0.6 is 0 Å². The molecule has 0 amide bonds. The maximum Gasteiger partial charge on any atom is 0.341 e. The van der Waals surface area contributed by atoms with E-state index in [-0.39, 0.29) is 5.92 Å². The third kappa shape index (κ3) is 3.61. The predicted molar refractivity (Wildman–Crippen MR) is 126 cm³/mol. The molecule has 1 heterocycles. The Morgan fingerprint density at radius 2 is 1.91 bits per heavy atom. The van der Waals surface area contributed by atoms with Crippen LogP contribution in [0.2, 0.25) is 19.6 Å². The summed E-state index contributed by atoms with van der Waals surface area (Å²) in [6, 6.07) is 9.86. The van der Waals surface area contributed by atoms with Crippen LogP contribution in [-0.4, -0.2) is 42.8 Å². The van der Waals surface area contributed by atoms with Crippen LogP contribution in [0, 0.1) is 11.8 Å². The van der Waals surface area contributed by atoms with Crippen LogP contribution in [0.1, 0.15) is 39.2 Å². The Balaban J connectivity index is 1.82. The molecular formula is C26H36O5Si. The second-order valence-corrected chi connectivity index (χ2v) is 15.3. The minimum absolute atomic E-state index is 0.0777. The smallest absolute Gasteiger partial charge is 0.341 e. The van der Waals surface area contributed by atoms with Crippen molar-refractivity contribution in [1.82, 2.24) is 0 Å². The number of aliphatic hydroxyl groups is 1. The zero-order valence-electron chi connectivity index (χ0n) is 20.1. The van der Waals surface area contributed by atoms with Crippen molar-refractivity contribution in [2.45, 2.75) is 83.3 Å². The van der Waals surface area contributed by atoms with Crippen molar-refractivity contribution < 1.29 is 23.8 Å². The van der Waals surface area contributed by atoms with Gasteiger partial charge in [-0.15, -0.1) is 0 Å². The molecule has 0 unspecified atom stereocenters. The van der Waals surface area contributed by atoms with E-state index in [1.807, 2.05) is 50.0 Å². The first-order valence-electron chi connectivity index (χ1n) is 11.6. The second-order valence-electron chi connectivity index (χ2n) is 10.8. The molecule has 32 heavy (non-hydrogen) atoms. The lowest BCUT2D eigenvalue weighted by Gasteiger charge is -2.44. The summed E-state index contributed by atoms with van der Waals surface area (Å²) in [6.07, 6.45) is -0.114. The maximum atomic E-state index is 13.4. The molecule has 2 fully saturated rings.